The Labute approximate surface area is 140 Å². The Bertz CT molecular complexity index is 757. The molecule has 1 aromatic heterocycles. The van der Waals surface area contributed by atoms with Crippen LogP contribution in [0.2, 0.25) is 0 Å². The average molecular weight is 438 g/mol. The van der Waals surface area contributed by atoms with Gasteiger partial charge in [-0.2, -0.15) is 0 Å². The van der Waals surface area contributed by atoms with E-state index in [-0.39, 0.29) is 4.90 Å². The molecule has 2 rings (SSSR count). The number of anilines is 1. The van der Waals surface area contributed by atoms with Crippen molar-refractivity contribution in [2.75, 3.05) is 11.8 Å². The van der Waals surface area contributed by atoms with E-state index in [1.54, 1.807) is 32.2 Å². The number of halogens is 2. The van der Waals surface area contributed by atoms with Crippen molar-refractivity contribution in [3.05, 3.63) is 44.7 Å². The molecule has 114 valence electrons. The van der Waals surface area contributed by atoms with Crippen LogP contribution in [-0.2, 0) is 16.6 Å². The van der Waals surface area contributed by atoms with Gasteiger partial charge in [0.15, 0.2) is 0 Å². The van der Waals surface area contributed by atoms with Crippen LogP contribution in [0.4, 0.5) is 5.69 Å². The predicted octanol–water partition coefficient (Wildman–Crippen LogP) is 3.63. The highest BCUT2D eigenvalue weighted by Crippen LogP contribution is 2.29. The molecule has 2 N–H and O–H groups in total. The van der Waals surface area contributed by atoms with Gasteiger partial charge in [0.2, 0.25) is 0 Å². The molecular weight excluding hydrogens is 424 g/mol. The summed E-state index contributed by atoms with van der Waals surface area (Å²) in [4.78, 5) is 0.141. The van der Waals surface area contributed by atoms with E-state index in [0.29, 0.717) is 28.2 Å². The van der Waals surface area contributed by atoms with Crippen LogP contribution in [0.3, 0.4) is 0 Å². The Hall–Kier alpha value is -0.830. The van der Waals surface area contributed by atoms with Gasteiger partial charge in [-0.05, 0) is 48.1 Å². The fourth-order valence-corrected chi connectivity index (χ4v) is 4.39. The van der Waals surface area contributed by atoms with Gasteiger partial charge in [-0.3, -0.25) is 4.72 Å². The van der Waals surface area contributed by atoms with Gasteiger partial charge >= 0.3 is 0 Å². The van der Waals surface area contributed by atoms with Gasteiger partial charge in [0.1, 0.15) is 16.4 Å². The average Bonchev–Trinajstić information content (AvgIpc) is 2.75. The standard InChI is InChI=1S/C13H14Br2N2O3S/c1-8-13(6-10(20-8)7-16-2)21(18,19)17-12-4-3-9(14)5-11(12)15/h3-6,16-17H,7H2,1-2H3. The first-order valence-corrected chi connectivity index (χ1v) is 9.12. The van der Waals surface area contributed by atoms with Crippen LogP contribution in [0.5, 0.6) is 0 Å². The molecule has 0 aliphatic rings. The lowest BCUT2D eigenvalue weighted by Gasteiger charge is -2.09. The summed E-state index contributed by atoms with van der Waals surface area (Å²) in [6, 6.07) is 6.74. The number of hydrogen-bond donors (Lipinski definition) is 2. The van der Waals surface area contributed by atoms with Crippen molar-refractivity contribution < 1.29 is 12.8 Å². The van der Waals surface area contributed by atoms with Crippen LogP contribution in [0.25, 0.3) is 0 Å². The van der Waals surface area contributed by atoms with E-state index in [2.05, 4.69) is 41.9 Å². The summed E-state index contributed by atoms with van der Waals surface area (Å²) in [5, 5.41) is 2.92. The zero-order valence-corrected chi connectivity index (χ0v) is 15.4. The maximum Gasteiger partial charge on any atom is 0.265 e. The van der Waals surface area contributed by atoms with E-state index in [1.807, 2.05) is 0 Å². The molecule has 0 radical (unpaired) electrons. The summed E-state index contributed by atoms with van der Waals surface area (Å²) < 4.78 is 34.4. The fraction of sp³-hybridized carbons (Fsp3) is 0.231. The number of aryl methyl sites for hydroxylation is 1. The summed E-state index contributed by atoms with van der Waals surface area (Å²) in [6.07, 6.45) is 0. The lowest BCUT2D eigenvalue weighted by molar-refractivity contribution is 0.466. The summed E-state index contributed by atoms with van der Waals surface area (Å²) in [7, 11) is -1.93. The highest BCUT2D eigenvalue weighted by molar-refractivity contribution is 9.11. The minimum Gasteiger partial charge on any atom is -0.464 e. The van der Waals surface area contributed by atoms with Crippen molar-refractivity contribution in [3.63, 3.8) is 0 Å². The molecule has 0 atom stereocenters. The first kappa shape index (κ1) is 16.5. The maximum absolute atomic E-state index is 12.5. The maximum atomic E-state index is 12.5. The first-order valence-electron chi connectivity index (χ1n) is 6.05. The molecule has 21 heavy (non-hydrogen) atoms. The SMILES string of the molecule is CNCc1cc(S(=O)(=O)Nc2ccc(Br)cc2Br)c(C)o1. The van der Waals surface area contributed by atoms with E-state index in [0.717, 1.165) is 4.47 Å². The number of nitrogens with one attached hydrogen (secondary N) is 2. The first-order chi connectivity index (χ1) is 9.83. The van der Waals surface area contributed by atoms with Gasteiger partial charge < -0.3 is 9.73 Å². The molecule has 0 bridgehead atoms. The van der Waals surface area contributed by atoms with Crippen molar-refractivity contribution in [2.45, 2.75) is 18.4 Å². The summed E-state index contributed by atoms with van der Waals surface area (Å²) in [6.45, 7) is 2.10. The van der Waals surface area contributed by atoms with E-state index in [9.17, 15) is 8.42 Å². The molecule has 0 saturated carbocycles. The third kappa shape index (κ3) is 3.88. The van der Waals surface area contributed by atoms with Gasteiger partial charge in [-0.15, -0.1) is 0 Å². The van der Waals surface area contributed by atoms with E-state index in [1.165, 1.54) is 6.07 Å². The lowest BCUT2D eigenvalue weighted by Crippen LogP contribution is -2.13. The second-order valence-electron chi connectivity index (χ2n) is 4.39. The van der Waals surface area contributed by atoms with Crippen molar-refractivity contribution >= 4 is 47.6 Å². The zero-order chi connectivity index (χ0) is 15.6. The van der Waals surface area contributed by atoms with Crippen LogP contribution in [0.15, 0.2) is 42.5 Å². The summed E-state index contributed by atoms with van der Waals surface area (Å²) in [5.41, 5.74) is 0.467. The van der Waals surface area contributed by atoms with Crippen molar-refractivity contribution in [1.82, 2.24) is 5.32 Å². The number of hydrogen-bond acceptors (Lipinski definition) is 4. The van der Waals surface area contributed by atoms with Gasteiger partial charge in [0, 0.05) is 15.0 Å². The van der Waals surface area contributed by atoms with Gasteiger partial charge in [-0.1, -0.05) is 15.9 Å². The Morgan fingerprint density at radius 3 is 2.57 bits per heavy atom. The minimum atomic E-state index is -3.69. The molecule has 0 saturated heterocycles. The third-order valence-electron chi connectivity index (χ3n) is 2.74. The minimum absolute atomic E-state index is 0.141. The van der Waals surface area contributed by atoms with E-state index >= 15 is 0 Å². The molecule has 2 aromatic rings. The van der Waals surface area contributed by atoms with Crippen LogP contribution >= 0.6 is 31.9 Å². The molecule has 0 fully saturated rings. The lowest BCUT2D eigenvalue weighted by atomic mass is 10.3. The van der Waals surface area contributed by atoms with Gasteiger partial charge in [0.25, 0.3) is 10.0 Å². The van der Waals surface area contributed by atoms with Crippen molar-refractivity contribution in [3.8, 4) is 0 Å². The van der Waals surface area contributed by atoms with Crippen LogP contribution in [-0.4, -0.2) is 15.5 Å². The highest BCUT2D eigenvalue weighted by Gasteiger charge is 2.22. The normalized spacial score (nSPS) is 11.6. The van der Waals surface area contributed by atoms with E-state index < -0.39 is 10.0 Å². The second kappa shape index (κ2) is 6.51. The monoisotopic (exact) mass is 436 g/mol. The molecule has 0 aliphatic heterocycles. The third-order valence-corrected chi connectivity index (χ3v) is 5.36. The molecular formula is C13H14Br2N2O3S. The molecule has 0 unspecified atom stereocenters. The Morgan fingerprint density at radius 2 is 1.95 bits per heavy atom. The van der Waals surface area contributed by atoms with Crippen molar-refractivity contribution in [2.24, 2.45) is 0 Å². The number of furan rings is 1. The Kier molecular flexibility index (Phi) is 5.13. The zero-order valence-electron chi connectivity index (χ0n) is 11.4. The van der Waals surface area contributed by atoms with Crippen LogP contribution < -0.4 is 10.0 Å². The molecule has 8 heteroatoms. The molecule has 0 aliphatic carbocycles. The smallest absolute Gasteiger partial charge is 0.265 e. The largest absolute Gasteiger partial charge is 0.464 e. The number of benzene rings is 1. The number of rotatable bonds is 5. The molecule has 1 heterocycles. The quantitative estimate of drug-likeness (QED) is 0.749. The Balaban J connectivity index is 2.34. The molecule has 1 aromatic carbocycles. The second-order valence-corrected chi connectivity index (χ2v) is 7.81. The van der Waals surface area contributed by atoms with Crippen molar-refractivity contribution in [1.29, 1.82) is 0 Å². The van der Waals surface area contributed by atoms with E-state index in [4.69, 9.17) is 4.42 Å². The van der Waals surface area contributed by atoms with Crippen LogP contribution in [0, 0.1) is 6.92 Å². The predicted molar refractivity (Wildman–Crippen MR) is 88.9 cm³/mol. The fourth-order valence-electron chi connectivity index (χ4n) is 1.82. The number of sulfonamides is 1. The molecule has 5 nitrogen and oxygen atoms in total. The van der Waals surface area contributed by atoms with Crippen LogP contribution in [0.1, 0.15) is 11.5 Å². The highest BCUT2D eigenvalue weighted by atomic mass is 79.9. The molecule has 0 amide bonds. The Morgan fingerprint density at radius 1 is 1.24 bits per heavy atom. The summed E-state index contributed by atoms with van der Waals surface area (Å²) in [5.74, 6) is 0.936. The van der Waals surface area contributed by atoms with Gasteiger partial charge in [0.05, 0.1) is 12.2 Å². The topological polar surface area (TPSA) is 71.3 Å². The molecule has 0 spiro atoms. The van der Waals surface area contributed by atoms with Gasteiger partial charge in [-0.25, -0.2) is 8.42 Å². The summed E-state index contributed by atoms with van der Waals surface area (Å²) >= 11 is 6.65.